The third-order valence-electron chi connectivity index (χ3n) is 11.2. The molecule has 0 atom stereocenters. The van der Waals surface area contributed by atoms with E-state index in [1.165, 1.54) is 106 Å². The molecule has 0 aromatic heterocycles. The van der Waals surface area contributed by atoms with Crippen LogP contribution in [0.1, 0.15) is 22.3 Å². The first-order valence-corrected chi connectivity index (χ1v) is 21.2. The zero-order valence-electron chi connectivity index (χ0n) is 28.3. The maximum Gasteiger partial charge on any atom is 0.0725 e. The van der Waals surface area contributed by atoms with Crippen molar-refractivity contribution in [2.45, 2.75) is 44.6 Å². The molecular formula is C49H28S4. The lowest BCUT2D eigenvalue weighted by molar-refractivity contribution is 0.794. The normalized spacial score (nSPS) is 14.6. The van der Waals surface area contributed by atoms with Crippen molar-refractivity contribution in [2.75, 3.05) is 0 Å². The molecule has 1 spiro atoms. The van der Waals surface area contributed by atoms with Crippen LogP contribution in [-0.2, 0) is 5.41 Å². The maximum absolute atomic E-state index is 2.53. The summed E-state index contributed by atoms with van der Waals surface area (Å²) in [5, 5.41) is 0. The van der Waals surface area contributed by atoms with Crippen molar-refractivity contribution >= 4 is 47.0 Å². The summed E-state index contributed by atoms with van der Waals surface area (Å²) >= 11 is 7.59. The molecule has 12 rings (SSSR count). The Balaban J connectivity index is 1.09. The Kier molecular flexibility index (Phi) is 6.69. The summed E-state index contributed by atoms with van der Waals surface area (Å²) in [6, 6.07) is 64.1. The molecule has 2 aliphatic heterocycles. The fourth-order valence-electron chi connectivity index (χ4n) is 9.03. The molecule has 8 aromatic rings. The van der Waals surface area contributed by atoms with Gasteiger partial charge in [0.1, 0.15) is 0 Å². The van der Waals surface area contributed by atoms with Crippen molar-refractivity contribution in [3.05, 3.63) is 192 Å². The lowest BCUT2D eigenvalue weighted by atomic mass is 9.70. The van der Waals surface area contributed by atoms with E-state index in [9.17, 15) is 0 Å². The van der Waals surface area contributed by atoms with Crippen LogP contribution in [-0.4, -0.2) is 0 Å². The van der Waals surface area contributed by atoms with Gasteiger partial charge < -0.3 is 0 Å². The van der Waals surface area contributed by atoms with Crippen LogP contribution < -0.4 is 0 Å². The smallest absolute Gasteiger partial charge is 0.0725 e. The SMILES string of the molecule is c1ccc2c(c1)Sc1cccc(-c3ccc4c(c3)C3(c5ccccc5-c5ccccc53)c3cc(-c5cccc6c5Sc5ccccc5S6)ccc3-4)c1S2. The summed E-state index contributed by atoms with van der Waals surface area (Å²) in [4.78, 5) is 10.7. The van der Waals surface area contributed by atoms with Crippen molar-refractivity contribution in [3.63, 3.8) is 0 Å². The Morgan fingerprint density at radius 1 is 0.264 bits per heavy atom. The first kappa shape index (κ1) is 30.6. The van der Waals surface area contributed by atoms with Gasteiger partial charge in [-0.25, -0.2) is 0 Å². The molecule has 0 N–H and O–H groups in total. The Labute approximate surface area is 326 Å². The Hall–Kier alpha value is -4.84. The second kappa shape index (κ2) is 11.6. The van der Waals surface area contributed by atoms with Gasteiger partial charge in [0.2, 0.25) is 0 Å². The highest BCUT2D eigenvalue weighted by Gasteiger charge is 2.51. The Morgan fingerprint density at radius 3 is 1.09 bits per heavy atom. The first-order valence-electron chi connectivity index (χ1n) is 17.9. The van der Waals surface area contributed by atoms with E-state index in [0.29, 0.717) is 0 Å². The summed E-state index contributed by atoms with van der Waals surface area (Å²) in [6.45, 7) is 0. The highest BCUT2D eigenvalue weighted by molar-refractivity contribution is 8.05. The van der Waals surface area contributed by atoms with Crippen LogP contribution in [0.15, 0.2) is 209 Å². The van der Waals surface area contributed by atoms with E-state index < -0.39 is 5.41 Å². The lowest BCUT2D eigenvalue weighted by Gasteiger charge is -2.31. The molecule has 0 radical (unpaired) electrons. The second-order valence-corrected chi connectivity index (χ2v) is 18.2. The number of hydrogen-bond acceptors (Lipinski definition) is 4. The van der Waals surface area contributed by atoms with Gasteiger partial charge >= 0.3 is 0 Å². The maximum atomic E-state index is 2.53. The number of fused-ring (bicyclic) bond motifs is 14. The van der Waals surface area contributed by atoms with Gasteiger partial charge in [-0.1, -0.05) is 168 Å². The third kappa shape index (κ3) is 4.32. The van der Waals surface area contributed by atoms with E-state index in [1.54, 1.807) is 0 Å². The van der Waals surface area contributed by atoms with Gasteiger partial charge in [-0.15, -0.1) is 0 Å². The van der Waals surface area contributed by atoms with Gasteiger partial charge in [0.25, 0.3) is 0 Å². The molecule has 8 aromatic carbocycles. The molecule has 0 bridgehead atoms. The summed E-state index contributed by atoms with van der Waals surface area (Å²) < 4.78 is 0. The first-order chi connectivity index (χ1) is 26.3. The monoisotopic (exact) mass is 744 g/mol. The lowest BCUT2D eigenvalue weighted by Crippen LogP contribution is -2.26. The molecule has 0 amide bonds. The molecule has 4 aliphatic rings. The van der Waals surface area contributed by atoms with Crippen LogP contribution in [0, 0.1) is 0 Å². The minimum Gasteiger partial charge on any atom is -0.0877 e. The number of benzene rings is 8. The van der Waals surface area contributed by atoms with Crippen molar-refractivity contribution in [2.24, 2.45) is 0 Å². The molecule has 4 heteroatoms. The van der Waals surface area contributed by atoms with Crippen LogP contribution >= 0.6 is 47.0 Å². The van der Waals surface area contributed by atoms with Crippen molar-refractivity contribution in [3.8, 4) is 44.5 Å². The third-order valence-corrected chi connectivity index (χ3v) is 16.5. The van der Waals surface area contributed by atoms with Crippen LogP contribution in [0.4, 0.5) is 0 Å². The minimum atomic E-state index is -0.434. The molecule has 0 saturated heterocycles. The molecule has 2 aliphatic carbocycles. The van der Waals surface area contributed by atoms with Crippen molar-refractivity contribution < 1.29 is 0 Å². The number of rotatable bonds is 2. The van der Waals surface area contributed by atoms with Crippen LogP contribution in [0.3, 0.4) is 0 Å². The van der Waals surface area contributed by atoms with Crippen LogP contribution in [0.5, 0.6) is 0 Å². The summed E-state index contributed by atoms with van der Waals surface area (Å²) in [5.74, 6) is 0. The minimum absolute atomic E-state index is 0.434. The van der Waals surface area contributed by atoms with Crippen LogP contribution in [0.2, 0.25) is 0 Å². The molecular weight excluding hydrogens is 717 g/mol. The van der Waals surface area contributed by atoms with E-state index in [-0.39, 0.29) is 0 Å². The fourth-order valence-corrected chi connectivity index (χ4v) is 13.8. The summed E-state index contributed by atoms with van der Waals surface area (Å²) in [6.07, 6.45) is 0. The van der Waals surface area contributed by atoms with Crippen molar-refractivity contribution in [1.29, 1.82) is 0 Å². The van der Waals surface area contributed by atoms with E-state index in [2.05, 4.69) is 170 Å². The highest BCUT2D eigenvalue weighted by Crippen LogP contribution is 2.64. The van der Waals surface area contributed by atoms with E-state index in [0.717, 1.165) is 0 Å². The topological polar surface area (TPSA) is 0 Å². The average Bonchev–Trinajstić information content (AvgIpc) is 3.68. The molecule has 0 nitrogen and oxygen atoms in total. The quantitative estimate of drug-likeness (QED) is 0.173. The van der Waals surface area contributed by atoms with Gasteiger partial charge in [0.15, 0.2) is 0 Å². The molecule has 0 saturated carbocycles. The second-order valence-electron chi connectivity index (χ2n) is 13.9. The number of hydrogen-bond donors (Lipinski definition) is 0. The Morgan fingerprint density at radius 2 is 0.623 bits per heavy atom. The average molecular weight is 745 g/mol. The predicted molar refractivity (Wildman–Crippen MR) is 223 cm³/mol. The standard InChI is InChI=1S/C49H28S4/c1-3-15-37-33(11-1)34-12-2-4-16-38(34)49(37)39-27-29(31-13-9-21-45-47(31)52-43-19-7-5-17-41(43)50-45)23-25-35(39)36-26-24-30(28-40(36)49)32-14-10-22-46-48(32)53-44-20-8-6-18-42(44)51-46/h1-28H. The zero-order valence-corrected chi connectivity index (χ0v) is 31.6. The van der Waals surface area contributed by atoms with Crippen LogP contribution in [0.25, 0.3) is 44.5 Å². The van der Waals surface area contributed by atoms with Gasteiger partial charge in [-0.05, 0) is 115 Å². The highest BCUT2D eigenvalue weighted by atomic mass is 32.2. The van der Waals surface area contributed by atoms with E-state index in [4.69, 9.17) is 0 Å². The van der Waals surface area contributed by atoms with Crippen molar-refractivity contribution in [1.82, 2.24) is 0 Å². The molecule has 2 heterocycles. The van der Waals surface area contributed by atoms with E-state index >= 15 is 0 Å². The summed E-state index contributed by atoms with van der Waals surface area (Å²) in [5.41, 5.74) is 15.5. The van der Waals surface area contributed by atoms with Gasteiger partial charge in [-0.3, -0.25) is 0 Å². The molecule has 248 valence electrons. The predicted octanol–water partition coefficient (Wildman–Crippen LogP) is 14.6. The molecule has 53 heavy (non-hydrogen) atoms. The summed E-state index contributed by atoms with van der Waals surface area (Å²) in [7, 11) is 0. The van der Waals surface area contributed by atoms with Gasteiger partial charge in [-0.2, -0.15) is 0 Å². The fraction of sp³-hybridized carbons (Fsp3) is 0.0204. The van der Waals surface area contributed by atoms with Gasteiger partial charge in [0, 0.05) is 39.2 Å². The van der Waals surface area contributed by atoms with E-state index in [1.807, 2.05) is 47.0 Å². The van der Waals surface area contributed by atoms with Gasteiger partial charge in [0.05, 0.1) is 5.41 Å². The molecule has 0 unspecified atom stereocenters. The molecule has 0 fully saturated rings. The zero-order chi connectivity index (χ0) is 34.7. The largest absolute Gasteiger partial charge is 0.0877 e. The Bertz CT molecular complexity index is 2670.